The van der Waals surface area contributed by atoms with Gasteiger partial charge in [0.05, 0.1) is 5.75 Å². The van der Waals surface area contributed by atoms with Gasteiger partial charge in [-0.1, -0.05) is 64.7 Å². The molecular formula is C19H17ClN4O2S3. The maximum absolute atomic E-state index is 12.2. The van der Waals surface area contributed by atoms with Gasteiger partial charge in [0.15, 0.2) is 8.68 Å². The molecule has 0 atom stereocenters. The molecule has 0 radical (unpaired) electrons. The Morgan fingerprint density at radius 1 is 1.07 bits per heavy atom. The highest BCUT2D eigenvalue weighted by molar-refractivity contribution is 8.03. The molecule has 6 nitrogen and oxygen atoms in total. The minimum atomic E-state index is -0.201. The molecule has 0 aliphatic rings. The van der Waals surface area contributed by atoms with Gasteiger partial charge >= 0.3 is 0 Å². The minimum Gasteiger partial charge on any atom is -0.355 e. The van der Waals surface area contributed by atoms with Gasteiger partial charge in [-0.15, -0.1) is 10.2 Å². The number of thioether (sulfide) groups is 2. The molecule has 0 fully saturated rings. The second-order valence-electron chi connectivity index (χ2n) is 5.75. The first-order valence-corrected chi connectivity index (χ1v) is 11.7. The fraction of sp³-hybridized carbons (Fsp3) is 0.158. The number of hydrogen-bond acceptors (Lipinski definition) is 7. The molecule has 0 aliphatic carbocycles. The lowest BCUT2D eigenvalue weighted by Crippen LogP contribution is -2.18. The first-order chi connectivity index (χ1) is 14.0. The third kappa shape index (κ3) is 6.74. The van der Waals surface area contributed by atoms with Crippen molar-refractivity contribution in [2.45, 2.75) is 14.4 Å². The molecule has 1 aromatic heterocycles. The van der Waals surface area contributed by atoms with E-state index < -0.39 is 0 Å². The van der Waals surface area contributed by atoms with Crippen molar-refractivity contribution in [1.82, 2.24) is 15.5 Å². The Bertz CT molecular complexity index is 995. The summed E-state index contributed by atoms with van der Waals surface area (Å²) in [4.78, 5) is 23.9. The molecule has 2 aromatic carbocycles. The van der Waals surface area contributed by atoms with Crippen molar-refractivity contribution >= 4 is 64.0 Å². The van der Waals surface area contributed by atoms with Gasteiger partial charge in [0.1, 0.15) is 0 Å². The van der Waals surface area contributed by atoms with E-state index in [4.69, 9.17) is 11.6 Å². The first-order valence-electron chi connectivity index (χ1n) is 8.49. The van der Waals surface area contributed by atoms with Gasteiger partial charge < -0.3 is 10.6 Å². The molecule has 2 N–H and O–H groups in total. The fourth-order valence-electron chi connectivity index (χ4n) is 2.25. The smallest absolute Gasteiger partial charge is 0.251 e. The number of benzene rings is 2. The van der Waals surface area contributed by atoms with Crippen LogP contribution in [-0.2, 0) is 10.5 Å². The van der Waals surface area contributed by atoms with Crippen molar-refractivity contribution in [3.05, 3.63) is 64.7 Å². The number of hydrogen-bond donors (Lipinski definition) is 2. The van der Waals surface area contributed by atoms with Crippen molar-refractivity contribution in [1.29, 1.82) is 0 Å². The van der Waals surface area contributed by atoms with Crippen LogP contribution >= 0.6 is 46.5 Å². The van der Waals surface area contributed by atoms with Crippen molar-refractivity contribution in [2.24, 2.45) is 0 Å². The minimum absolute atomic E-state index is 0.172. The van der Waals surface area contributed by atoms with E-state index in [9.17, 15) is 9.59 Å². The SMILES string of the molecule is CNC(=O)c1cccc(NC(=O)CSc2nnc(SCc3ccc(Cl)cc3)s2)c1. The van der Waals surface area contributed by atoms with Gasteiger partial charge in [0.25, 0.3) is 5.91 Å². The van der Waals surface area contributed by atoms with E-state index in [1.807, 2.05) is 24.3 Å². The molecule has 1 heterocycles. The average molecular weight is 465 g/mol. The molecule has 3 aromatic rings. The molecule has 0 saturated heterocycles. The number of rotatable bonds is 8. The van der Waals surface area contributed by atoms with Crippen LogP contribution in [0.1, 0.15) is 15.9 Å². The van der Waals surface area contributed by atoms with Crippen molar-refractivity contribution in [3.63, 3.8) is 0 Å². The number of nitrogens with one attached hydrogen (secondary N) is 2. The topological polar surface area (TPSA) is 84.0 Å². The maximum atomic E-state index is 12.2. The van der Waals surface area contributed by atoms with Crippen LogP contribution in [-0.4, -0.2) is 34.8 Å². The summed E-state index contributed by atoms with van der Waals surface area (Å²) in [5.41, 5.74) is 2.22. The Labute approximate surface area is 185 Å². The number of amides is 2. The normalized spacial score (nSPS) is 10.6. The molecule has 3 rings (SSSR count). The summed E-state index contributed by atoms with van der Waals surface area (Å²) >= 11 is 10.3. The Kier molecular flexibility index (Phi) is 7.93. The zero-order valence-corrected chi connectivity index (χ0v) is 18.6. The molecule has 0 saturated carbocycles. The number of aromatic nitrogens is 2. The fourth-order valence-corrected chi connectivity index (χ4v) is 5.15. The van der Waals surface area contributed by atoms with E-state index in [0.29, 0.717) is 16.3 Å². The van der Waals surface area contributed by atoms with E-state index in [0.717, 1.165) is 20.0 Å². The largest absolute Gasteiger partial charge is 0.355 e. The van der Waals surface area contributed by atoms with Gasteiger partial charge in [-0.3, -0.25) is 9.59 Å². The van der Waals surface area contributed by atoms with Gasteiger partial charge in [-0.05, 0) is 35.9 Å². The molecule has 0 spiro atoms. The lowest BCUT2D eigenvalue weighted by Gasteiger charge is -2.06. The Balaban J connectivity index is 1.47. The van der Waals surface area contributed by atoms with Crippen LogP contribution in [0.25, 0.3) is 0 Å². The third-order valence-corrected chi connectivity index (χ3v) is 7.14. The van der Waals surface area contributed by atoms with E-state index >= 15 is 0 Å². The molecule has 150 valence electrons. The number of halogens is 1. The summed E-state index contributed by atoms with van der Waals surface area (Å²) in [6, 6.07) is 14.5. The third-order valence-electron chi connectivity index (χ3n) is 3.63. The Morgan fingerprint density at radius 2 is 1.79 bits per heavy atom. The predicted octanol–water partition coefficient (Wildman–Crippen LogP) is 4.57. The molecule has 0 unspecified atom stereocenters. The first kappa shape index (κ1) is 21.6. The molecule has 0 bridgehead atoms. The van der Waals surface area contributed by atoms with Gasteiger partial charge in [-0.25, -0.2) is 0 Å². The maximum Gasteiger partial charge on any atom is 0.251 e. The van der Waals surface area contributed by atoms with Crippen LogP contribution < -0.4 is 10.6 Å². The number of anilines is 1. The van der Waals surface area contributed by atoms with Crippen molar-refractivity contribution < 1.29 is 9.59 Å². The average Bonchev–Trinajstić information content (AvgIpc) is 3.19. The quantitative estimate of drug-likeness (QED) is 0.475. The summed E-state index contributed by atoms with van der Waals surface area (Å²) in [6.45, 7) is 0. The zero-order chi connectivity index (χ0) is 20.6. The van der Waals surface area contributed by atoms with Crippen LogP contribution in [0.3, 0.4) is 0 Å². The second kappa shape index (κ2) is 10.6. The second-order valence-corrected chi connectivity index (χ2v) is 9.60. The predicted molar refractivity (Wildman–Crippen MR) is 120 cm³/mol. The zero-order valence-electron chi connectivity index (χ0n) is 15.3. The van der Waals surface area contributed by atoms with Crippen LogP contribution in [0.4, 0.5) is 5.69 Å². The lowest BCUT2D eigenvalue weighted by atomic mass is 10.2. The Hall–Kier alpha value is -2.07. The van der Waals surface area contributed by atoms with E-state index in [1.165, 1.54) is 23.1 Å². The lowest BCUT2D eigenvalue weighted by molar-refractivity contribution is -0.113. The summed E-state index contributed by atoms with van der Waals surface area (Å²) < 4.78 is 1.58. The highest BCUT2D eigenvalue weighted by Gasteiger charge is 2.10. The standard InChI is InChI=1S/C19H17ClN4O2S3/c1-21-17(26)13-3-2-4-15(9-13)22-16(25)11-28-19-24-23-18(29-19)27-10-12-5-7-14(20)8-6-12/h2-9H,10-11H2,1H3,(H,21,26)(H,22,25). The molecular weight excluding hydrogens is 448 g/mol. The van der Waals surface area contributed by atoms with Gasteiger partial charge in [-0.2, -0.15) is 0 Å². The molecule has 29 heavy (non-hydrogen) atoms. The van der Waals surface area contributed by atoms with Gasteiger partial charge in [0.2, 0.25) is 5.91 Å². The summed E-state index contributed by atoms with van der Waals surface area (Å²) in [5.74, 6) is 0.613. The number of carbonyl (C=O) groups excluding carboxylic acids is 2. The summed E-state index contributed by atoms with van der Waals surface area (Å²) in [5, 5.41) is 14.3. The summed E-state index contributed by atoms with van der Waals surface area (Å²) in [6.07, 6.45) is 0. The summed E-state index contributed by atoms with van der Waals surface area (Å²) in [7, 11) is 1.56. The monoisotopic (exact) mass is 464 g/mol. The Morgan fingerprint density at radius 3 is 2.52 bits per heavy atom. The molecule has 10 heteroatoms. The highest BCUT2D eigenvalue weighted by Crippen LogP contribution is 2.31. The van der Waals surface area contributed by atoms with E-state index in [2.05, 4.69) is 20.8 Å². The van der Waals surface area contributed by atoms with Crippen molar-refractivity contribution in [2.75, 3.05) is 18.1 Å². The molecule has 0 aliphatic heterocycles. The number of nitrogens with zero attached hydrogens (tertiary/aromatic N) is 2. The van der Waals surface area contributed by atoms with E-state index in [-0.39, 0.29) is 17.6 Å². The number of carbonyl (C=O) groups is 2. The van der Waals surface area contributed by atoms with Crippen molar-refractivity contribution in [3.8, 4) is 0 Å². The van der Waals surface area contributed by atoms with Crippen LogP contribution in [0, 0.1) is 0 Å². The molecule has 2 amide bonds. The van der Waals surface area contributed by atoms with Crippen LogP contribution in [0.5, 0.6) is 0 Å². The van der Waals surface area contributed by atoms with Crippen LogP contribution in [0.15, 0.2) is 57.2 Å². The van der Waals surface area contributed by atoms with Crippen LogP contribution in [0.2, 0.25) is 5.02 Å². The van der Waals surface area contributed by atoms with Gasteiger partial charge in [0, 0.05) is 29.1 Å². The highest BCUT2D eigenvalue weighted by atomic mass is 35.5. The van der Waals surface area contributed by atoms with E-state index in [1.54, 1.807) is 43.1 Å².